The van der Waals surface area contributed by atoms with E-state index in [-0.39, 0.29) is 89.1 Å². The largest absolute Gasteiger partial charge is 0.477 e. The van der Waals surface area contributed by atoms with E-state index in [0.717, 1.165) is 80.4 Å². The summed E-state index contributed by atoms with van der Waals surface area (Å²) in [5.74, 6) is 12.6. The van der Waals surface area contributed by atoms with E-state index < -0.39 is 11.9 Å². The highest BCUT2D eigenvalue weighted by molar-refractivity contribution is 14.0. The number of carbonyl (C=O) groups excluding carboxylic acids is 3. The molecule has 0 radical (unpaired) electrons. The lowest BCUT2D eigenvalue weighted by Gasteiger charge is -2.38. The Hall–Kier alpha value is -2.95. The average molecular weight is 1040 g/mol. The molecule has 356 valence electrons. The number of carboxylic acid groups (broad SMARTS) is 1. The number of hydrogen-bond donors (Lipinski definition) is 3. The number of aliphatic hydroxyl groups is 2. The maximum Gasteiger partial charge on any atom is 0.350 e. The normalized spacial score (nSPS) is 25.9. The molecule has 0 aromatic carbocycles. The number of amides is 2. The Labute approximate surface area is 409 Å². The predicted molar refractivity (Wildman–Crippen MR) is 271 cm³/mol. The molecule has 4 aliphatic carbocycles. The van der Waals surface area contributed by atoms with Crippen LogP contribution in [0.3, 0.4) is 0 Å². The molecule has 6 rings (SSSR count). The number of carboxylic acids is 1. The van der Waals surface area contributed by atoms with Gasteiger partial charge in [0.15, 0.2) is 0 Å². The van der Waals surface area contributed by atoms with E-state index in [1.807, 2.05) is 52.5 Å². The van der Waals surface area contributed by atoms with Gasteiger partial charge in [-0.25, -0.2) is 9.59 Å². The Morgan fingerprint density at radius 3 is 1.28 bits per heavy atom. The molecular weight excluding hydrogens is 960 g/mol. The molecule has 0 aliphatic heterocycles. The molecule has 4 saturated carbocycles. The number of nitrogens with zero attached hydrogens (tertiary/aromatic N) is 2. The van der Waals surface area contributed by atoms with Gasteiger partial charge in [-0.15, -0.1) is 46.7 Å². The molecule has 2 aromatic heterocycles. The lowest BCUT2D eigenvalue weighted by Crippen LogP contribution is -2.47. The zero-order valence-electron chi connectivity index (χ0n) is 39.6. The van der Waals surface area contributed by atoms with Gasteiger partial charge in [-0.1, -0.05) is 37.5 Å². The molecule has 0 unspecified atom stereocenters. The summed E-state index contributed by atoms with van der Waals surface area (Å²) in [5, 5.41) is 29.9. The van der Waals surface area contributed by atoms with Gasteiger partial charge >= 0.3 is 11.9 Å². The maximum atomic E-state index is 13.9. The Morgan fingerprint density at radius 2 is 0.953 bits per heavy atom. The summed E-state index contributed by atoms with van der Waals surface area (Å²) in [6.45, 7) is 16.6. The summed E-state index contributed by atoms with van der Waals surface area (Å²) in [5.41, 5.74) is 0.760. The lowest BCUT2D eigenvalue weighted by atomic mass is 9.81. The van der Waals surface area contributed by atoms with Crippen LogP contribution in [0.5, 0.6) is 0 Å². The monoisotopic (exact) mass is 1040 g/mol. The van der Waals surface area contributed by atoms with Crippen molar-refractivity contribution in [3.8, 4) is 23.7 Å². The third-order valence-corrected chi connectivity index (χ3v) is 14.9. The van der Waals surface area contributed by atoms with E-state index in [2.05, 4.69) is 37.5 Å². The van der Waals surface area contributed by atoms with Crippen molar-refractivity contribution < 1.29 is 40.7 Å². The fourth-order valence-electron chi connectivity index (χ4n) is 9.17. The number of anilines is 2. The number of halogens is 1. The third kappa shape index (κ3) is 15.0. The zero-order valence-corrected chi connectivity index (χ0v) is 43.6. The predicted octanol–water partition coefficient (Wildman–Crippen LogP) is 11.6. The number of rotatable bonds is 8. The Kier molecular flexibility index (Phi) is 19.8. The Morgan fingerprint density at radius 1 is 0.609 bits per heavy atom. The first kappa shape index (κ1) is 53.7. The number of aliphatic hydroxyl groups excluding tert-OH is 2. The summed E-state index contributed by atoms with van der Waals surface area (Å²) >= 11 is 2.45. The number of esters is 1. The molecule has 10 nitrogen and oxygen atoms in total. The van der Waals surface area contributed by atoms with Gasteiger partial charge in [-0.05, 0) is 168 Å². The van der Waals surface area contributed by atoms with Crippen molar-refractivity contribution >= 4 is 81.8 Å². The molecule has 3 N–H and O–H groups in total. The van der Waals surface area contributed by atoms with Gasteiger partial charge in [0.2, 0.25) is 11.8 Å². The molecule has 0 spiro atoms. The molecule has 64 heavy (non-hydrogen) atoms. The number of carbonyl (C=O) groups is 4. The van der Waals surface area contributed by atoms with E-state index in [4.69, 9.17) is 4.74 Å². The summed E-state index contributed by atoms with van der Waals surface area (Å²) in [6.07, 6.45) is 12.5. The number of hydrogen-bond acceptors (Lipinski definition) is 9. The van der Waals surface area contributed by atoms with Gasteiger partial charge < -0.3 is 29.9 Å². The third-order valence-electron chi connectivity index (χ3n) is 12.9. The molecule has 2 aromatic rings. The van der Waals surface area contributed by atoms with Crippen LogP contribution in [0.4, 0.5) is 11.4 Å². The molecule has 2 heterocycles. The van der Waals surface area contributed by atoms with Crippen LogP contribution < -0.4 is 9.80 Å². The van der Waals surface area contributed by atoms with Crippen molar-refractivity contribution in [3.05, 3.63) is 31.6 Å². The quantitative estimate of drug-likeness (QED) is 0.135. The van der Waals surface area contributed by atoms with Crippen LogP contribution in [0.25, 0.3) is 0 Å². The van der Waals surface area contributed by atoms with Crippen LogP contribution >= 0.6 is 46.7 Å². The van der Waals surface area contributed by atoms with E-state index in [9.17, 15) is 34.5 Å². The standard InChI is InChI=1S/C26H37NO4S.C25H35NO4S.HI.H2/c1-17-6-8-18(9-7-17)24(29)27(19-10-12-20(28)13-11-19)22-16-21(14-15-26(2,3)4)32-23(22)25(30)31-5;1-16-5-7-17(8-6-16)23(28)26(18-9-11-19(27)12-10-18)21-15-20(13-14-25(2,3)4)31-22(21)24(29)30;;/h16-20,28H,6-13H2,1-5H3;15-19,27H,5-12H2,1-4H3,(H,29,30);2*1H/i;;;1+1. The summed E-state index contributed by atoms with van der Waals surface area (Å²) < 4.78 is 5.07. The fraction of sp³-hybridized carbons (Fsp3) is 0.686. The van der Waals surface area contributed by atoms with Crippen LogP contribution in [-0.4, -0.2) is 70.5 Å². The zero-order chi connectivity index (χ0) is 46.2. The number of aromatic carboxylic acids is 1. The van der Waals surface area contributed by atoms with Gasteiger partial charge in [0.1, 0.15) is 9.75 Å². The molecule has 0 atom stereocenters. The highest BCUT2D eigenvalue weighted by atomic mass is 127. The fourth-order valence-corrected chi connectivity index (χ4v) is 10.9. The van der Waals surface area contributed by atoms with Crippen molar-refractivity contribution in [1.29, 1.82) is 0 Å². The minimum atomic E-state index is -1.02. The van der Waals surface area contributed by atoms with Crippen molar-refractivity contribution in [3.63, 3.8) is 0 Å². The van der Waals surface area contributed by atoms with Crippen LogP contribution in [0.1, 0.15) is 189 Å². The molecular formula is C51H75IN2O8S2. The van der Waals surface area contributed by atoms with Crippen LogP contribution in [-0.2, 0) is 14.3 Å². The van der Waals surface area contributed by atoms with Gasteiger partial charge in [-0.2, -0.15) is 0 Å². The summed E-state index contributed by atoms with van der Waals surface area (Å²) in [4.78, 5) is 58.1. The Balaban J connectivity index is 0.000000335. The van der Waals surface area contributed by atoms with E-state index in [1.54, 1.807) is 11.0 Å². The van der Waals surface area contributed by atoms with Gasteiger partial charge in [0.25, 0.3) is 0 Å². The number of ether oxygens (including phenoxy) is 1. The van der Waals surface area contributed by atoms with Crippen LogP contribution in [0.15, 0.2) is 12.1 Å². The van der Waals surface area contributed by atoms with E-state index in [0.29, 0.717) is 71.5 Å². The second-order valence-corrected chi connectivity index (χ2v) is 22.8. The maximum absolute atomic E-state index is 13.9. The molecule has 4 aliphatic rings. The average Bonchev–Trinajstić information content (AvgIpc) is 3.86. The molecule has 4 fully saturated rings. The van der Waals surface area contributed by atoms with Gasteiger partial charge in [-0.3, -0.25) is 9.59 Å². The first-order chi connectivity index (χ1) is 29.6. The van der Waals surface area contributed by atoms with Gasteiger partial charge in [0.05, 0.1) is 40.4 Å². The smallest absolute Gasteiger partial charge is 0.350 e. The first-order valence-corrected chi connectivity index (χ1v) is 24.9. The second-order valence-electron chi connectivity index (χ2n) is 20.7. The second kappa shape index (κ2) is 23.7. The lowest BCUT2D eigenvalue weighted by molar-refractivity contribution is -0.125. The van der Waals surface area contributed by atoms with E-state index >= 15 is 0 Å². The molecule has 2 amide bonds. The van der Waals surface area contributed by atoms with E-state index in [1.165, 1.54) is 18.4 Å². The van der Waals surface area contributed by atoms with Crippen molar-refractivity contribution in [2.24, 2.45) is 34.5 Å². The first-order valence-electron chi connectivity index (χ1n) is 23.3. The summed E-state index contributed by atoms with van der Waals surface area (Å²) in [6, 6.07) is 3.59. The highest BCUT2D eigenvalue weighted by Gasteiger charge is 2.39. The van der Waals surface area contributed by atoms with Crippen LogP contribution in [0, 0.1) is 58.2 Å². The van der Waals surface area contributed by atoms with Gasteiger partial charge in [0, 0.05) is 36.2 Å². The Bertz CT molecular complexity index is 2030. The van der Waals surface area contributed by atoms with Crippen LogP contribution in [0.2, 0.25) is 0 Å². The number of thiophene rings is 2. The summed E-state index contributed by atoms with van der Waals surface area (Å²) in [7, 11) is 1.37. The molecule has 0 bridgehead atoms. The van der Waals surface area contributed by atoms with Crippen molar-refractivity contribution in [2.75, 3.05) is 16.9 Å². The van der Waals surface area contributed by atoms with Crippen molar-refractivity contribution in [2.45, 2.75) is 182 Å². The highest BCUT2D eigenvalue weighted by Crippen LogP contribution is 2.41. The molecule has 0 saturated heterocycles. The van der Waals surface area contributed by atoms with Crippen molar-refractivity contribution in [1.82, 2.24) is 0 Å². The minimum absolute atomic E-state index is 0. The SMILES string of the molecule is CC1CCC(C(=O)N(c2cc(C#CC(C)(C)C)sc2C(=O)O)C2CCC(O)CC2)CC1.COC(=O)c1sc(C#CC(C)(C)C)cc1N(C(=O)C1CCC(C)CC1)C1CCC(O)CC1.I.[2HH]. The topological polar surface area (TPSA) is 145 Å². The molecule has 13 heteroatoms. The minimum Gasteiger partial charge on any atom is -0.477 e. The number of methoxy groups -OCH3 is 1.